The van der Waals surface area contributed by atoms with Gasteiger partial charge in [-0.25, -0.2) is 0 Å². The summed E-state index contributed by atoms with van der Waals surface area (Å²) >= 11 is 5.98. The van der Waals surface area contributed by atoms with Crippen molar-refractivity contribution in [2.24, 2.45) is 0 Å². The highest BCUT2D eigenvalue weighted by molar-refractivity contribution is 6.31. The minimum atomic E-state index is -4.70. The molecule has 0 atom stereocenters. The first-order chi connectivity index (χ1) is 16.0. The molecule has 176 valence electrons. The number of aromatic nitrogens is 1. The number of carbonyl (C=O) groups is 3. The minimum absolute atomic E-state index is 0.105. The van der Waals surface area contributed by atoms with Crippen molar-refractivity contribution in [1.82, 2.24) is 4.57 Å². The molecule has 0 aliphatic heterocycles. The van der Waals surface area contributed by atoms with Crippen LogP contribution in [-0.2, 0) is 27.0 Å². The van der Waals surface area contributed by atoms with Crippen molar-refractivity contribution in [2.75, 3.05) is 11.9 Å². The Morgan fingerprint density at radius 2 is 1.71 bits per heavy atom. The van der Waals surface area contributed by atoms with E-state index in [-0.39, 0.29) is 16.3 Å². The maximum atomic E-state index is 12.8. The Hall–Kier alpha value is -3.92. The first-order valence-corrected chi connectivity index (χ1v) is 10.0. The molecular weight excluding hydrogens is 477 g/mol. The molecule has 11 heteroatoms. The quantitative estimate of drug-likeness (QED) is 0.398. The van der Waals surface area contributed by atoms with E-state index in [0.29, 0.717) is 28.5 Å². The molecule has 34 heavy (non-hydrogen) atoms. The number of hydrogen-bond acceptors (Lipinski definition) is 5. The fraction of sp³-hybridized carbons (Fsp3) is 0.130. The normalized spacial score (nSPS) is 11.1. The van der Waals surface area contributed by atoms with Crippen LogP contribution in [0.1, 0.15) is 21.5 Å². The van der Waals surface area contributed by atoms with Crippen LogP contribution in [0.3, 0.4) is 0 Å². The van der Waals surface area contributed by atoms with Crippen LogP contribution in [-0.4, -0.2) is 28.8 Å². The summed E-state index contributed by atoms with van der Waals surface area (Å²) in [7, 11) is 0. The number of nitrogens with zero attached hydrogens (tertiary/aromatic N) is 1. The molecule has 2 aromatic carbocycles. The fourth-order valence-electron chi connectivity index (χ4n) is 2.90. The molecule has 0 aliphatic carbocycles. The van der Waals surface area contributed by atoms with Crippen molar-refractivity contribution in [3.63, 3.8) is 0 Å². The molecule has 0 bridgehead atoms. The minimum Gasteiger partial charge on any atom is -0.454 e. The number of carbonyl (C=O) groups excluding carboxylic acids is 3. The zero-order valence-corrected chi connectivity index (χ0v) is 18.0. The number of ketones is 1. The standard InChI is InChI=1S/C23H16ClF3N2O5/c24-16-7-8-18(17(10-16)22(33)14-4-2-1-3-5-14)28-19(30)13-34-21(32)12-29-11-15(23(25,26)27)6-9-20(29)31/h1-11H,12-13H2,(H,28,30). The van der Waals surface area contributed by atoms with Gasteiger partial charge in [0.25, 0.3) is 11.5 Å². The van der Waals surface area contributed by atoms with Gasteiger partial charge in [-0.3, -0.25) is 19.2 Å². The van der Waals surface area contributed by atoms with Crippen molar-refractivity contribution in [3.05, 3.63) is 98.9 Å². The van der Waals surface area contributed by atoms with Crippen LogP contribution in [0.2, 0.25) is 5.02 Å². The molecule has 0 saturated heterocycles. The summed E-state index contributed by atoms with van der Waals surface area (Å²) in [6.45, 7) is -1.62. The molecule has 1 N–H and O–H groups in total. The van der Waals surface area contributed by atoms with Crippen LogP contribution in [0.4, 0.5) is 18.9 Å². The maximum Gasteiger partial charge on any atom is 0.417 e. The molecule has 0 unspecified atom stereocenters. The highest BCUT2D eigenvalue weighted by Gasteiger charge is 2.31. The van der Waals surface area contributed by atoms with Crippen molar-refractivity contribution in [1.29, 1.82) is 0 Å². The number of ether oxygens (including phenoxy) is 1. The van der Waals surface area contributed by atoms with Crippen LogP contribution in [0, 0.1) is 0 Å². The van der Waals surface area contributed by atoms with Crippen LogP contribution >= 0.6 is 11.6 Å². The lowest BCUT2D eigenvalue weighted by atomic mass is 10.0. The van der Waals surface area contributed by atoms with E-state index in [4.69, 9.17) is 16.3 Å². The second kappa shape index (κ2) is 10.3. The third-order valence-electron chi connectivity index (χ3n) is 4.51. The second-order valence-corrected chi connectivity index (χ2v) is 7.41. The molecule has 3 aromatic rings. The van der Waals surface area contributed by atoms with Gasteiger partial charge in [0.2, 0.25) is 0 Å². The lowest BCUT2D eigenvalue weighted by Gasteiger charge is -2.12. The second-order valence-electron chi connectivity index (χ2n) is 6.98. The largest absolute Gasteiger partial charge is 0.454 e. The number of nitrogens with one attached hydrogen (secondary N) is 1. The number of anilines is 1. The SMILES string of the molecule is O=C(COC(=O)Cn1cc(C(F)(F)F)ccc1=O)Nc1ccc(Cl)cc1C(=O)c1ccccc1. The third kappa shape index (κ3) is 6.32. The summed E-state index contributed by atoms with van der Waals surface area (Å²) in [6, 6.07) is 13.8. The topological polar surface area (TPSA) is 94.5 Å². The van der Waals surface area contributed by atoms with E-state index in [9.17, 15) is 32.3 Å². The number of benzene rings is 2. The van der Waals surface area contributed by atoms with Crippen LogP contribution in [0.25, 0.3) is 0 Å². The Kier molecular flexibility index (Phi) is 7.52. The lowest BCUT2D eigenvalue weighted by molar-refractivity contribution is -0.148. The van der Waals surface area contributed by atoms with Gasteiger partial charge in [0.15, 0.2) is 12.4 Å². The third-order valence-corrected chi connectivity index (χ3v) is 4.75. The van der Waals surface area contributed by atoms with Gasteiger partial charge in [-0.15, -0.1) is 0 Å². The van der Waals surface area contributed by atoms with Gasteiger partial charge in [0.1, 0.15) is 6.54 Å². The first-order valence-electron chi connectivity index (χ1n) is 9.67. The summed E-state index contributed by atoms with van der Waals surface area (Å²) in [5.74, 6) is -2.32. The highest BCUT2D eigenvalue weighted by atomic mass is 35.5. The number of esters is 1. The molecule has 1 heterocycles. The van der Waals surface area contributed by atoms with E-state index in [0.717, 1.165) is 0 Å². The number of halogens is 4. The lowest BCUT2D eigenvalue weighted by Crippen LogP contribution is -2.28. The van der Waals surface area contributed by atoms with E-state index >= 15 is 0 Å². The molecule has 1 aromatic heterocycles. The summed E-state index contributed by atoms with van der Waals surface area (Å²) < 4.78 is 43.7. The molecule has 3 rings (SSSR count). The van der Waals surface area contributed by atoms with Gasteiger partial charge in [-0.05, 0) is 24.3 Å². The summed E-state index contributed by atoms with van der Waals surface area (Å²) in [6.07, 6.45) is -4.22. The summed E-state index contributed by atoms with van der Waals surface area (Å²) in [4.78, 5) is 48.8. The van der Waals surface area contributed by atoms with Crippen molar-refractivity contribution in [3.8, 4) is 0 Å². The predicted octanol–water partition coefficient (Wildman–Crippen LogP) is 3.93. The van der Waals surface area contributed by atoms with Gasteiger partial charge in [0, 0.05) is 28.4 Å². The average molecular weight is 493 g/mol. The average Bonchev–Trinajstić information content (AvgIpc) is 2.79. The van der Waals surface area contributed by atoms with Crippen LogP contribution < -0.4 is 10.9 Å². The van der Waals surface area contributed by atoms with Gasteiger partial charge in [0.05, 0.1) is 11.3 Å². The maximum absolute atomic E-state index is 12.8. The number of alkyl halides is 3. The summed E-state index contributed by atoms with van der Waals surface area (Å²) in [5, 5.41) is 2.69. The zero-order valence-electron chi connectivity index (χ0n) is 17.3. The summed E-state index contributed by atoms with van der Waals surface area (Å²) in [5.41, 5.74) is -1.38. The van der Waals surface area contributed by atoms with Gasteiger partial charge in [-0.1, -0.05) is 41.9 Å². The number of hydrogen-bond donors (Lipinski definition) is 1. The van der Waals surface area contributed by atoms with Crippen molar-refractivity contribution < 1.29 is 32.3 Å². The molecule has 0 fully saturated rings. The van der Waals surface area contributed by atoms with E-state index in [1.54, 1.807) is 30.3 Å². The smallest absolute Gasteiger partial charge is 0.417 e. The van der Waals surface area contributed by atoms with Gasteiger partial charge < -0.3 is 14.6 Å². The van der Waals surface area contributed by atoms with E-state index in [1.165, 1.54) is 18.2 Å². The zero-order chi connectivity index (χ0) is 24.9. The Labute approximate surface area is 195 Å². The van der Waals surface area contributed by atoms with Crippen molar-refractivity contribution >= 4 is 34.9 Å². The Bertz CT molecular complexity index is 1290. The molecule has 1 amide bonds. The molecule has 7 nitrogen and oxygen atoms in total. The highest BCUT2D eigenvalue weighted by Crippen LogP contribution is 2.28. The van der Waals surface area contributed by atoms with Gasteiger partial charge >= 0.3 is 12.1 Å². The molecular formula is C23H16ClF3N2O5. The molecule has 0 aliphatic rings. The molecule has 0 saturated carbocycles. The predicted molar refractivity (Wildman–Crippen MR) is 117 cm³/mol. The fourth-order valence-corrected chi connectivity index (χ4v) is 3.07. The molecule has 0 radical (unpaired) electrons. The Morgan fingerprint density at radius 3 is 2.38 bits per heavy atom. The van der Waals surface area contributed by atoms with E-state index in [2.05, 4.69) is 5.32 Å². The van der Waals surface area contributed by atoms with E-state index < -0.39 is 48.1 Å². The van der Waals surface area contributed by atoms with Crippen molar-refractivity contribution in [2.45, 2.75) is 12.7 Å². The Morgan fingerprint density at radius 1 is 1.00 bits per heavy atom. The van der Waals surface area contributed by atoms with E-state index in [1.807, 2.05) is 0 Å². The van der Waals surface area contributed by atoms with Crippen LogP contribution in [0.15, 0.2) is 71.7 Å². The van der Waals surface area contributed by atoms with Crippen LogP contribution in [0.5, 0.6) is 0 Å². The Balaban J connectivity index is 1.65. The molecule has 0 spiro atoms. The number of pyridine rings is 1. The number of rotatable bonds is 7. The monoisotopic (exact) mass is 492 g/mol. The first kappa shape index (κ1) is 24.7. The van der Waals surface area contributed by atoms with Gasteiger partial charge in [-0.2, -0.15) is 13.2 Å². The number of amides is 1.